The Bertz CT molecular complexity index is 2020. The number of piperidine rings is 1. The summed E-state index contributed by atoms with van der Waals surface area (Å²) < 4.78 is 59.5. The molecule has 0 aromatic heterocycles. The number of hydrogen-bond donors (Lipinski definition) is 2. The average molecular weight is 1050 g/mol. The highest BCUT2D eigenvalue weighted by Gasteiger charge is 2.53. The van der Waals surface area contributed by atoms with Gasteiger partial charge in [-0.2, -0.15) is 0 Å². The molecule has 3 unspecified atom stereocenters. The van der Waals surface area contributed by atoms with Crippen LogP contribution in [0.2, 0.25) is 0 Å². The molecule has 4 aliphatic rings. The lowest BCUT2D eigenvalue weighted by Crippen LogP contribution is -2.61. The van der Waals surface area contributed by atoms with Crippen LogP contribution in [-0.2, 0) is 66.0 Å². The quantitative estimate of drug-likeness (QED) is 0.0828. The van der Waals surface area contributed by atoms with Crippen LogP contribution in [0, 0.1) is 35.5 Å². The second-order valence-electron chi connectivity index (χ2n) is 21.3. The lowest BCUT2D eigenvalue weighted by molar-refractivity contribution is -0.265. The molecule has 0 spiro atoms. The largest absolute Gasteiger partial charge is 0.460 e. The van der Waals surface area contributed by atoms with Crippen molar-refractivity contribution in [2.24, 2.45) is 35.5 Å². The zero-order valence-electron chi connectivity index (χ0n) is 45.7. The smallest absolute Gasteiger partial charge is 0.329 e. The molecule has 2 bridgehead atoms. The summed E-state index contributed by atoms with van der Waals surface area (Å²) >= 11 is 0. The van der Waals surface area contributed by atoms with Crippen LogP contribution in [0.15, 0.2) is 47.6 Å². The minimum atomic E-state index is -3.43. The van der Waals surface area contributed by atoms with E-state index in [1.807, 2.05) is 58.1 Å². The summed E-state index contributed by atoms with van der Waals surface area (Å²) in [5.41, 5.74) is 1.16. The monoisotopic (exact) mass is 1050 g/mol. The number of fused-ring (bicyclic) bond motifs is 3. The average Bonchev–Trinajstić information content (AvgIpc) is 3.35. The van der Waals surface area contributed by atoms with Gasteiger partial charge in [0.05, 0.1) is 43.7 Å². The number of Topliss-reactive ketones (excluding diaryl/α,β-unsaturated/α-hetero) is 3. The SMILES string of the molecule is COCCOP(C)(=O)O[C@@H]1CC[C@@H](C[C@@H](C)[C@@H]2CC(=O)C(C)=CC(C)[C@@H](O)[C@@H](OC)C(=O)[C@H](C)C[C@H](C)C=CC=CC=C(C)[C@@H](OC)C[C@@H]3CC[C@@H](C)[C@@](O)(O3)C(=O)C(=O)N3CCCCC3C(=O)O2)C[C@H]1OC. The zero-order chi connectivity index (χ0) is 54.2. The van der Waals surface area contributed by atoms with Crippen LogP contribution in [0.1, 0.15) is 126 Å². The Balaban J connectivity index is 1.68. The lowest BCUT2D eigenvalue weighted by Gasteiger charge is -2.42. The van der Waals surface area contributed by atoms with Crippen molar-refractivity contribution in [2.45, 2.75) is 180 Å². The highest BCUT2D eigenvalue weighted by Crippen LogP contribution is 2.48. The molecule has 73 heavy (non-hydrogen) atoms. The summed E-state index contributed by atoms with van der Waals surface area (Å²) in [5, 5.41) is 23.6. The van der Waals surface area contributed by atoms with Gasteiger partial charge in [0.2, 0.25) is 5.79 Å². The Morgan fingerprint density at radius 1 is 0.863 bits per heavy atom. The van der Waals surface area contributed by atoms with Gasteiger partial charge in [0, 0.05) is 72.2 Å². The molecule has 1 aliphatic carbocycles. The van der Waals surface area contributed by atoms with Gasteiger partial charge in [0.15, 0.2) is 11.6 Å². The number of aliphatic hydroxyl groups excluding tert-OH is 1. The summed E-state index contributed by atoms with van der Waals surface area (Å²) in [6.07, 6.45) is 10.6. The number of carbonyl (C=O) groups excluding carboxylic acids is 5. The van der Waals surface area contributed by atoms with Gasteiger partial charge in [-0.25, -0.2) is 4.79 Å². The predicted molar refractivity (Wildman–Crippen MR) is 275 cm³/mol. The van der Waals surface area contributed by atoms with Gasteiger partial charge in [0.1, 0.15) is 18.2 Å². The van der Waals surface area contributed by atoms with Crippen LogP contribution in [0.5, 0.6) is 0 Å². The van der Waals surface area contributed by atoms with Crippen molar-refractivity contribution in [3.05, 3.63) is 47.6 Å². The number of carbonyl (C=O) groups is 5. The molecule has 3 heterocycles. The molecule has 3 aliphatic heterocycles. The van der Waals surface area contributed by atoms with E-state index in [0.29, 0.717) is 64.2 Å². The normalized spacial score (nSPS) is 35.9. The van der Waals surface area contributed by atoms with E-state index in [9.17, 15) is 38.8 Å². The van der Waals surface area contributed by atoms with Crippen molar-refractivity contribution in [1.29, 1.82) is 0 Å². The molecular formula is C55H88NO16P. The topological polar surface area (TPSA) is 220 Å². The maximum Gasteiger partial charge on any atom is 0.329 e. The number of ether oxygens (including phenoxy) is 6. The number of amides is 1. The third-order valence-electron chi connectivity index (χ3n) is 15.4. The van der Waals surface area contributed by atoms with Crippen molar-refractivity contribution in [3.8, 4) is 0 Å². The van der Waals surface area contributed by atoms with E-state index in [1.54, 1.807) is 41.1 Å². The van der Waals surface area contributed by atoms with Gasteiger partial charge >= 0.3 is 13.6 Å². The molecule has 1 amide bonds. The fraction of sp³-hybridized carbons (Fsp3) is 0.764. The molecule has 4 rings (SSSR count). The van der Waals surface area contributed by atoms with Crippen molar-refractivity contribution in [3.63, 3.8) is 0 Å². The van der Waals surface area contributed by atoms with E-state index in [2.05, 4.69) is 0 Å². The Hall–Kier alpha value is -3.22. The van der Waals surface area contributed by atoms with Crippen LogP contribution in [-0.4, -0.2) is 154 Å². The predicted octanol–water partition coefficient (Wildman–Crippen LogP) is 7.69. The third kappa shape index (κ3) is 17.7. The summed E-state index contributed by atoms with van der Waals surface area (Å²) in [7, 11) is 2.61. The highest BCUT2D eigenvalue weighted by atomic mass is 31.2. The number of aliphatic hydroxyl groups is 2. The molecule has 0 aromatic rings. The summed E-state index contributed by atoms with van der Waals surface area (Å²) in [5.74, 6) is -8.31. The maximum atomic E-state index is 14.6. The molecule has 17 nitrogen and oxygen atoms in total. The van der Waals surface area contributed by atoms with Gasteiger partial charge in [-0.1, -0.05) is 71.1 Å². The van der Waals surface area contributed by atoms with Gasteiger partial charge < -0.3 is 52.6 Å². The molecule has 16 atom stereocenters. The maximum absolute atomic E-state index is 14.6. The number of hydrogen-bond acceptors (Lipinski definition) is 16. The third-order valence-corrected chi connectivity index (χ3v) is 16.7. The highest BCUT2D eigenvalue weighted by molar-refractivity contribution is 7.53. The molecule has 1 saturated carbocycles. The van der Waals surface area contributed by atoms with E-state index in [0.717, 1.165) is 5.57 Å². The Morgan fingerprint density at radius 2 is 1.59 bits per heavy atom. The van der Waals surface area contributed by atoms with Gasteiger partial charge in [-0.05, 0) is 107 Å². The van der Waals surface area contributed by atoms with Crippen molar-refractivity contribution in [2.75, 3.05) is 54.9 Å². The first-order valence-corrected chi connectivity index (χ1v) is 28.4. The fourth-order valence-corrected chi connectivity index (χ4v) is 12.0. The minimum Gasteiger partial charge on any atom is -0.460 e. The molecule has 2 N–H and O–H groups in total. The van der Waals surface area contributed by atoms with Crippen LogP contribution in [0.3, 0.4) is 0 Å². The summed E-state index contributed by atoms with van der Waals surface area (Å²) in [6, 6.07) is -1.18. The number of cyclic esters (lactones) is 1. The zero-order valence-corrected chi connectivity index (χ0v) is 46.6. The number of ketones is 3. The van der Waals surface area contributed by atoms with Crippen molar-refractivity contribution < 1.29 is 76.2 Å². The van der Waals surface area contributed by atoms with Gasteiger partial charge in [-0.3, -0.25) is 23.7 Å². The van der Waals surface area contributed by atoms with Gasteiger partial charge in [0.25, 0.3) is 11.7 Å². The second-order valence-corrected chi connectivity index (χ2v) is 23.3. The van der Waals surface area contributed by atoms with E-state index in [4.69, 9.17) is 37.5 Å². The van der Waals surface area contributed by atoms with E-state index in [1.165, 1.54) is 25.8 Å². The fourth-order valence-electron chi connectivity index (χ4n) is 10.8. The van der Waals surface area contributed by atoms with E-state index in [-0.39, 0.29) is 61.6 Å². The molecule has 414 valence electrons. The molecular weight excluding hydrogens is 962 g/mol. The molecule has 0 radical (unpaired) electrons. The Kier molecular flexibility index (Phi) is 25.0. The van der Waals surface area contributed by atoms with Crippen molar-refractivity contribution in [1.82, 2.24) is 4.90 Å². The number of esters is 1. The van der Waals surface area contributed by atoms with Crippen LogP contribution >= 0.6 is 7.60 Å². The van der Waals surface area contributed by atoms with Crippen LogP contribution < -0.4 is 0 Å². The Labute approximate surface area is 434 Å². The molecule has 2 saturated heterocycles. The van der Waals surface area contributed by atoms with Crippen molar-refractivity contribution >= 4 is 36.8 Å². The number of methoxy groups -OCH3 is 4. The molecule has 18 heteroatoms. The van der Waals surface area contributed by atoms with E-state index < -0.39 is 103 Å². The molecule has 3 fully saturated rings. The number of nitrogens with zero attached hydrogens (tertiary/aromatic N) is 1. The first-order chi connectivity index (χ1) is 34.5. The van der Waals surface area contributed by atoms with Gasteiger partial charge in [-0.15, -0.1) is 0 Å². The van der Waals surface area contributed by atoms with Crippen LogP contribution in [0.25, 0.3) is 0 Å². The number of rotatable bonds is 12. The first-order valence-electron chi connectivity index (χ1n) is 26.4. The molecule has 0 aromatic carbocycles. The standard InChI is InChI=1S/C55H88NO16P/c1-34-18-14-13-15-19-35(2)46(66-9)32-42-23-21-40(7)55(63,71-42)52(60)53(61)56-25-17-16-20-43(56)54(62)70-47(33-44(57)36(3)29-39(6)50(59)51(68-11)49(58)38(5)28-34)37(4)30-41-22-24-45(48(31-41)67-10)72-73(12,64)69-27-26-65-8/h13-15,18-19,29,34,37-43,45-48,50-51,59,63H,16-17,20-28,30-33H2,1-12H3/t34-,37-,38-,39?,40-,41+,42+,43?,45-,46+,47+,48-,50-,51+,55-,73?/m1/s1. The minimum absolute atomic E-state index is 0.00548. The van der Waals surface area contributed by atoms with E-state index >= 15 is 0 Å². The summed E-state index contributed by atoms with van der Waals surface area (Å²) in [6.45, 7) is 14.5. The first kappa shape index (κ1) is 62.3. The summed E-state index contributed by atoms with van der Waals surface area (Å²) in [4.78, 5) is 72.5. The lowest BCUT2D eigenvalue weighted by atomic mass is 9.78. The second kappa shape index (κ2) is 29.3. The van der Waals surface area contributed by atoms with Crippen LogP contribution in [0.4, 0.5) is 0 Å². The Morgan fingerprint density at radius 3 is 2.26 bits per heavy atom. The number of allylic oxidation sites excluding steroid dienone is 6.